The highest BCUT2D eigenvalue weighted by Gasteiger charge is 2.24. The molecule has 0 saturated carbocycles. The highest BCUT2D eigenvalue weighted by molar-refractivity contribution is 7.09. The Balaban J connectivity index is 1.42. The second-order valence-electron chi connectivity index (χ2n) is 8.56. The van der Waals surface area contributed by atoms with Crippen LogP contribution in [0.5, 0.6) is 0 Å². The topological polar surface area (TPSA) is 36.0 Å². The normalized spacial score (nSPS) is 20.1. The molecule has 0 radical (unpaired) electrons. The molecule has 2 aliphatic heterocycles. The first-order chi connectivity index (χ1) is 14.6. The number of amides is 1. The molecule has 1 aromatic heterocycles. The quantitative estimate of drug-likeness (QED) is 0.667. The molecule has 2 fully saturated rings. The molecule has 1 amide bonds. The number of benzene rings is 1. The van der Waals surface area contributed by atoms with Crippen LogP contribution in [0.3, 0.4) is 0 Å². The predicted molar refractivity (Wildman–Crippen MR) is 123 cm³/mol. The van der Waals surface area contributed by atoms with Crippen LogP contribution in [0.4, 0.5) is 5.69 Å². The van der Waals surface area contributed by atoms with Gasteiger partial charge in [0.2, 0.25) is 0 Å². The third-order valence-electron chi connectivity index (χ3n) is 6.19. The minimum atomic E-state index is 0.0927. The average molecular weight is 428 g/mol. The second kappa shape index (κ2) is 9.94. The van der Waals surface area contributed by atoms with E-state index < -0.39 is 0 Å². The van der Waals surface area contributed by atoms with Gasteiger partial charge in [-0.2, -0.15) is 0 Å². The molecule has 2 aromatic rings. The van der Waals surface area contributed by atoms with E-state index in [1.807, 2.05) is 23.1 Å². The van der Waals surface area contributed by atoms with E-state index in [1.165, 1.54) is 10.6 Å². The van der Waals surface area contributed by atoms with Crippen LogP contribution < -0.4 is 4.90 Å². The van der Waals surface area contributed by atoms with E-state index in [1.54, 1.807) is 11.3 Å². The van der Waals surface area contributed by atoms with Crippen molar-refractivity contribution in [2.75, 3.05) is 44.2 Å². The summed E-state index contributed by atoms with van der Waals surface area (Å²) in [6, 6.07) is 12.9. The molecule has 0 bridgehead atoms. The molecule has 2 aliphatic rings. The molecule has 0 spiro atoms. The molecule has 5 nitrogen and oxygen atoms in total. The van der Waals surface area contributed by atoms with Crippen molar-refractivity contribution in [3.63, 3.8) is 0 Å². The van der Waals surface area contributed by atoms with Crippen molar-refractivity contribution in [2.45, 2.75) is 45.4 Å². The van der Waals surface area contributed by atoms with Gasteiger partial charge in [0.25, 0.3) is 5.91 Å². The molecule has 2 saturated heterocycles. The van der Waals surface area contributed by atoms with Crippen molar-refractivity contribution in [3.05, 3.63) is 52.2 Å². The minimum absolute atomic E-state index is 0.0927. The summed E-state index contributed by atoms with van der Waals surface area (Å²) in [5.41, 5.74) is 1.97. The first kappa shape index (κ1) is 21.3. The van der Waals surface area contributed by atoms with Crippen LogP contribution in [0.1, 0.15) is 41.9 Å². The Hall–Kier alpha value is -1.89. The van der Waals surface area contributed by atoms with Crippen LogP contribution in [-0.2, 0) is 11.3 Å². The lowest BCUT2D eigenvalue weighted by atomic mass is 10.1. The molecule has 3 heterocycles. The van der Waals surface area contributed by atoms with Gasteiger partial charge in [-0.15, -0.1) is 11.3 Å². The predicted octanol–water partition coefficient (Wildman–Crippen LogP) is 4.10. The number of rotatable bonds is 7. The van der Waals surface area contributed by atoms with E-state index in [2.05, 4.69) is 47.2 Å². The summed E-state index contributed by atoms with van der Waals surface area (Å²) in [4.78, 5) is 21.4. The molecule has 1 unspecified atom stereocenters. The molecular formula is C24H33N3O2S. The van der Waals surface area contributed by atoms with Crippen LogP contribution in [0.2, 0.25) is 0 Å². The zero-order chi connectivity index (χ0) is 20.9. The van der Waals surface area contributed by atoms with Crippen molar-refractivity contribution in [1.82, 2.24) is 9.80 Å². The fourth-order valence-corrected chi connectivity index (χ4v) is 5.06. The molecule has 0 aliphatic carbocycles. The maximum Gasteiger partial charge on any atom is 0.254 e. The van der Waals surface area contributed by atoms with Crippen molar-refractivity contribution < 1.29 is 9.53 Å². The number of thiophene rings is 1. The Bertz CT molecular complexity index is 792. The van der Waals surface area contributed by atoms with E-state index in [0.29, 0.717) is 19.1 Å². The summed E-state index contributed by atoms with van der Waals surface area (Å²) >= 11 is 1.70. The van der Waals surface area contributed by atoms with Gasteiger partial charge in [0.05, 0.1) is 12.6 Å². The first-order valence-electron chi connectivity index (χ1n) is 11.1. The summed E-state index contributed by atoms with van der Waals surface area (Å²) in [6.45, 7) is 10.9. The van der Waals surface area contributed by atoms with Gasteiger partial charge in [0.15, 0.2) is 0 Å². The number of piperazine rings is 1. The van der Waals surface area contributed by atoms with E-state index >= 15 is 0 Å². The first-order valence-corrected chi connectivity index (χ1v) is 12.0. The van der Waals surface area contributed by atoms with Gasteiger partial charge in [0.1, 0.15) is 0 Å². The van der Waals surface area contributed by atoms with Crippen molar-refractivity contribution in [2.24, 2.45) is 0 Å². The molecule has 1 aromatic carbocycles. The molecule has 30 heavy (non-hydrogen) atoms. The van der Waals surface area contributed by atoms with Crippen LogP contribution in [-0.4, -0.2) is 67.2 Å². The Labute approximate surface area is 184 Å². The van der Waals surface area contributed by atoms with Gasteiger partial charge < -0.3 is 14.5 Å². The van der Waals surface area contributed by atoms with E-state index in [0.717, 1.165) is 51.2 Å². The lowest BCUT2D eigenvalue weighted by Gasteiger charge is -2.38. The van der Waals surface area contributed by atoms with Crippen molar-refractivity contribution in [3.8, 4) is 0 Å². The molecule has 0 N–H and O–H groups in total. The number of carbonyl (C=O) groups is 1. The molecule has 162 valence electrons. The van der Waals surface area contributed by atoms with Crippen LogP contribution in [0.25, 0.3) is 0 Å². The van der Waals surface area contributed by atoms with Gasteiger partial charge in [-0.1, -0.05) is 6.07 Å². The Kier molecular flexibility index (Phi) is 7.08. The number of ether oxygens (including phenoxy) is 1. The lowest BCUT2D eigenvalue weighted by molar-refractivity contribution is 0.0509. The average Bonchev–Trinajstić information content (AvgIpc) is 3.47. The zero-order valence-corrected chi connectivity index (χ0v) is 18.9. The highest BCUT2D eigenvalue weighted by Crippen LogP contribution is 2.22. The monoisotopic (exact) mass is 427 g/mol. The van der Waals surface area contributed by atoms with E-state index in [9.17, 15) is 4.79 Å². The molecule has 1 atom stereocenters. The highest BCUT2D eigenvalue weighted by atomic mass is 32.1. The largest absolute Gasteiger partial charge is 0.376 e. The summed E-state index contributed by atoms with van der Waals surface area (Å²) < 4.78 is 5.81. The number of nitrogens with zero attached hydrogens (tertiary/aromatic N) is 3. The Morgan fingerprint density at radius 3 is 2.53 bits per heavy atom. The van der Waals surface area contributed by atoms with Gasteiger partial charge in [-0.3, -0.25) is 9.69 Å². The minimum Gasteiger partial charge on any atom is -0.376 e. The number of carbonyl (C=O) groups excluding carboxylic acids is 1. The Morgan fingerprint density at radius 2 is 1.93 bits per heavy atom. The maximum atomic E-state index is 13.3. The molecule has 4 rings (SSSR count). The summed E-state index contributed by atoms with van der Waals surface area (Å²) in [5.74, 6) is 0.0927. The van der Waals surface area contributed by atoms with Gasteiger partial charge in [0, 0.05) is 61.5 Å². The fourth-order valence-electron chi connectivity index (χ4n) is 4.34. The summed E-state index contributed by atoms with van der Waals surface area (Å²) in [7, 11) is 0. The lowest BCUT2D eigenvalue weighted by Crippen LogP contribution is -2.48. The second-order valence-corrected chi connectivity index (χ2v) is 9.60. The third kappa shape index (κ3) is 5.23. The Morgan fingerprint density at radius 1 is 1.17 bits per heavy atom. The van der Waals surface area contributed by atoms with Gasteiger partial charge >= 0.3 is 0 Å². The standard InChI is InChI=1S/C24H33N3O2S/c1-19(2)25-11-13-26(14-12-25)21-9-7-20(8-10-21)24(28)27(17-22-5-3-15-29-22)18-23-6-4-16-30-23/h4,6-10,16,19,22H,3,5,11-15,17-18H2,1-2H3. The van der Waals surface area contributed by atoms with Crippen molar-refractivity contribution in [1.29, 1.82) is 0 Å². The van der Waals surface area contributed by atoms with Crippen LogP contribution >= 0.6 is 11.3 Å². The van der Waals surface area contributed by atoms with E-state index in [4.69, 9.17) is 4.74 Å². The number of hydrogen-bond donors (Lipinski definition) is 0. The SMILES string of the molecule is CC(C)N1CCN(c2ccc(C(=O)N(Cc3cccs3)CC3CCCO3)cc2)CC1. The van der Waals surface area contributed by atoms with Crippen molar-refractivity contribution >= 4 is 22.9 Å². The smallest absolute Gasteiger partial charge is 0.254 e. The summed E-state index contributed by atoms with van der Waals surface area (Å²) in [5, 5.41) is 2.07. The zero-order valence-electron chi connectivity index (χ0n) is 18.1. The summed E-state index contributed by atoms with van der Waals surface area (Å²) in [6.07, 6.45) is 2.28. The fraction of sp³-hybridized carbons (Fsp3) is 0.542. The molecular weight excluding hydrogens is 394 g/mol. The van der Waals surface area contributed by atoms with E-state index in [-0.39, 0.29) is 12.0 Å². The van der Waals surface area contributed by atoms with Crippen LogP contribution in [0.15, 0.2) is 41.8 Å². The van der Waals surface area contributed by atoms with Gasteiger partial charge in [-0.05, 0) is 62.4 Å². The maximum absolute atomic E-state index is 13.3. The van der Waals surface area contributed by atoms with Gasteiger partial charge in [-0.25, -0.2) is 0 Å². The third-order valence-corrected chi connectivity index (χ3v) is 7.05. The number of hydrogen-bond acceptors (Lipinski definition) is 5. The van der Waals surface area contributed by atoms with Crippen LogP contribution in [0, 0.1) is 0 Å². The molecule has 6 heteroatoms. The number of anilines is 1.